The number of aliphatic hydroxyl groups excluding tert-OH is 1. The van der Waals surface area contributed by atoms with Gasteiger partial charge in [0.05, 0.1) is 6.61 Å². The fraction of sp³-hybridized carbons (Fsp3) is 0.486. The summed E-state index contributed by atoms with van der Waals surface area (Å²) in [6.07, 6.45) is 11.7. The van der Waals surface area contributed by atoms with E-state index in [1.807, 2.05) is 0 Å². The molecule has 1 aliphatic rings. The average Bonchev–Trinajstić information content (AvgIpc) is 2.98. The van der Waals surface area contributed by atoms with Gasteiger partial charge in [0, 0.05) is 18.1 Å². The summed E-state index contributed by atoms with van der Waals surface area (Å²) in [5.41, 5.74) is 7.47. The van der Waals surface area contributed by atoms with Crippen molar-refractivity contribution in [3.8, 4) is 11.1 Å². The zero-order valence-electron chi connectivity index (χ0n) is 24.9. The molecular weight excluding hydrogens is 492 g/mol. The molecule has 3 aromatic carbocycles. The molecule has 40 heavy (non-hydrogen) atoms. The van der Waals surface area contributed by atoms with Crippen LogP contribution in [0.15, 0.2) is 66.7 Å². The van der Waals surface area contributed by atoms with E-state index in [-0.39, 0.29) is 25.1 Å². The third-order valence-corrected chi connectivity index (χ3v) is 8.89. The van der Waals surface area contributed by atoms with Crippen LogP contribution in [0.25, 0.3) is 21.9 Å². The van der Waals surface area contributed by atoms with Crippen molar-refractivity contribution in [3.05, 3.63) is 83.4 Å². The van der Waals surface area contributed by atoms with Gasteiger partial charge in [-0.15, -0.1) is 0 Å². The van der Waals surface area contributed by atoms with Crippen molar-refractivity contribution in [2.24, 2.45) is 11.8 Å². The van der Waals surface area contributed by atoms with E-state index in [1.54, 1.807) is 6.92 Å². The lowest BCUT2D eigenvalue weighted by atomic mass is 9.74. The quantitative estimate of drug-likeness (QED) is 0.134. The van der Waals surface area contributed by atoms with Gasteiger partial charge < -0.3 is 9.84 Å². The highest BCUT2D eigenvalue weighted by molar-refractivity contribution is 5.88. The van der Waals surface area contributed by atoms with Gasteiger partial charge in [-0.1, -0.05) is 88.2 Å². The first kappa shape index (κ1) is 30.1. The maximum absolute atomic E-state index is 11.8. The molecule has 3 nitrogen and oxygen atoms in total. The number of aliphatic hydroxyl groups is 1. The monoisotopic (exact) mass is 540 g/mol. The van der Waals surface area contributed by atoms with E-state index in [0.717, 1.165) is 32.1 Å². The number of carbonyl (C=O) groups excluding carboxylic acids is 1. The molecule has 4 rings (SSSR count). The minimum absolute atomic E-state index is 0.00234. The fourth-order valence-corrected chi connectivity index (χ4v) is 6.38. The number of unbranched alkanes of at least 4 members (excludes halogenated alkanes) is 2. The summed E-state index contributed by atoms with van der Waals surface area (Å²) in [4.78, 5) is 11.8. The van der Waals surface area contributed by atoms with Crippen LogP contribution >= 0.6 is 0 Å². The molecule has 0 radical (unpaired) electrons. The van der Waals surface area contributed by atoms with Crippen LogP contribution in [0.1, 0.15) is 94.7 Å². The first-order valence-corrected chi connectivity index (χ1v) is 15.5. The summed E-state index contributed by atoms with van der Waals surface area (Å²) < 4.78 is 5.36. The molecule has 1 saturated carbocycles. The summed E-state index contributed by atoms with van der Waals surface area (Å²) in [5, 5.41) is 12.5. The van der Waals surface area contributed by atoms with Crippen LogP contribution in [0.4, 0.5) is 0 Å². The molecule has 1 unspecified atom stereocenters. The van der Waals surface area contributed by atoms with Gasteiger partial charge >= 0.3 is 5.97 Å². The smallest absolute Gasteiger partial charge is 0.333 e. The van der Waals surface area contributed by atoms with Gasteiger partial charge in [0.15, 0.2) is 0 Å². The van der Waals surface area contributed by atoms with Crippen LogP contribution in [0, 0.1) is 11.8 Å². The number of benzene rings is 3. The molecule has 0 heterocycles. The Morgan fingerprint density at radius 3 is 2.27 bits per heavy atom. The molecule has 1 fully saturated rings. The van der Waals surface area contributed by atoms with Crippen LogP contribution < -0.4 is 0 Å². The average molecular weight is 541 g/mol. The van der Waals surface area contributed by atoms with Gasteiger partial charge in [-0.05, 0) is 108 Å². The summed E-state index contributed by atoms with van der Waals surface area (Å²) in [6, 6.07) is 21.0. The number of rotatable bonds is 13. The van der Waals surface area contributed by atoms with Crippen molar-refractivity contribution in [1.82, 2.24) is 0 Å². The van der Waals surface area contributed by atoms with Gasteiger partial charge in [-0.2, -0.15) is 0 Å². The molecule has 0 aliphatic heterocycles. The van der Waals surface area contributed by atoms with Gasteiger partial charge in [0.1, 0.15) is 0 Å². The SMILES string of the molecule is C=C(C)C(=O)OCC(CO)C1CCC(c2ccc3cc(-c4ccc(CCCCC)c(CCC)c4)ccc3c2)CC1. The Hall–Kier alpha value is -2.91. The van der Waals surface area contributed by atoms with E-state index in [0.29, 0.717) is 17.4 Å². The van der Waals surface area contributed by atoms with Crippen molar-refractivity contribution >= 4 is 16.7 Å². The first-order valence-electron chi connectivity index (χ1n) is 15.5. The Balaban J connectivity index is 1.42. The minimum Gasteiger partial charge on any atom is -0.462 e. The Labute approximate surface area is 241 Å². The van der Waals surface area contributed by atoms with E-state index in [2.05, 4.69) is 75.0 Å². The van der Waals surface area contributed by atoms with Gasteiger partial charge in [-0.25, -0.2) is 4.79 Å². The molecule has 0 saturated heterocycles. The topological polar surface area (TPSA) is 46.5 Å². The van der Waals surface area contributed by atoms with Crippen molar-refractivity contribution in [2.45, 2.75) is 90.9 Å². The molecule has 0 aromatic heterocycles. The second kappa shape index (κ2) is 14.6. The highest BCUT2D eigenvalue weighted by atomic mass is 16.5. The summed E-state index contributed by atoms with van der Waals surface area (Å²) in [7, 11) is 0. The van der Waals surface area contributed by atoms with Gasteiger partial charge in [-0.3, -0.25) is 0 Å². The largest absolute Gasteiger partial charge is 0.462 e. The second-order valence-corrected chi connectivity index (χ2v) is 11.9. The van der Waals surface area contributed by atoms with Crippen LogP contribution in [-0.4, -0.2) is 24.3 Å². The lowest BCUT2D eigenvalue weighted by Crippen LogP contribution is -2.28. The molecule has 0 spiro atoms. The lowest BCUT2D eigenvalue weighted by Gasteiger charge is -2.33. The van der Waals surface area contributed by atoms with E-state index in [9.17, 15) is 9.90 Å². The fourth-order valence-electron chi connectivity index (χ4n) is 6.38. The van der Waals surface area contributed by atoms with Gasteiger partial charge in [0.25, 0.3) is 0 Å². The number of aryl methyl sites for hydroxylation is 2. The summed E-state index contributed by atoms with van der Waals surface area (Å²) >= 11 is 0. The van der Waals surface area contributed by atoms with Crippen molar-refractivity contribution in [3.63, 3.8) is 0 Å². The first-order chi connectivity index (χ1) is 19.4. The van der Waals surface area contributed by atoms with Crippen molar-refractivity contribution in [2.75, 3.05) is 13.2 Å². The number of hydrogen-bond donors (Lipinski definition) is 1. The van der Waals surface area contributed by atoms with Crippen LogP contribution in [0.3, 0.4) is 0 Å². The molecule has 3 heteroatoms. The van der Waals surface area contributed by atoms with E-state index in [4.69, 9.17) is 4.74 Å². The minimum atomic E-state index is -0.368. The number of hydrogen-bond acceptors (Lipinski definition) is 3. The van der Waals surface area contributed by atoms with Crippen LogP contribution in [0.2, 0.25) is 0 Å². The molecule has 1 aliphatic carbocycles. The Morgan fingerprint density at radius 1 is 0.875 bits per heavy atom. The Bertz CT molecular complexity index is 1280. The number of carbonyl (C=O) groups is 1. The predicted molar refractivity (Wildman–Crippen MR) is 168 cm³/mol. The third kappa shape index (κ3) is 7.63. The van der Waals surface area contributed by atoms with Gasteiger partial charge in [0.2, 0.25) is 0 Å². The second-order valence-electron chi connectivity index (χ2n) is 11.9. The summed E-state index contributed by atoms with van der Waals surface area (Å²) in [6.45, 7) is 10.2. The molecule has 0 amide bonds. The maximum Gasteiger partial charge on any atom is 0.333 e. The Morgan fingerprint density at radius 2 is 1.57 bits per heavy atom. The van der Waals surface area contributed by atoms with E-state index < -0.39 is 0 Å². The predicted octanol–water partition coefficient (Wildman–Crippen LogP) is 9.19. The molecule has 0 bridgehead atoms. The standard InChI is InChI=1S/C37H48O3/c1-5-7-8-10-27-15-16-32(21-30(27)9-6-2)35-20-19-33-22-31(17-18-34(33)23-35)28-11-13-29(14-12-28)36(24-38)25-40-37(39)26(3)4/h15-23,28-29,36,38H,3,5-14,24-25H2,1-2,4H3. The van der Waals surface area contributed by atoms with Crippen LogP contribution in [0.5, 0.6) is 0 Å². The summed E-state index contributed by atoms with van der Waals surface area (Å²) in [5.74, 6) is 0.558. The maximum atomic E-state index is 11.8. The highest BCUT2D eigenvalue weighted by Gasteiger charge is 2.29. The third-order valence-electron chi connectivity index (χ3n) is 8.89. The van der Waals surface area contributed by atoms with E-state index >= 15 is 0 Å². The zero-order chi connectivity index (χ0) is 28.5. The van der Waals surface area contributed by atoms with E-state index in [1.165, 1.54) is 70.7 Å². The molecular formula is C37H48O3. The normalized spacial score (nSPS) is 18.0. The number of ether oxygens (including phenoxy) is 1. The molecule has 1 N–H and O–H groups in total. The van der Waals surface area contributed by atoms with Crippen molar-refractivity contribution in [1.29, 1.82) is 0 Å². The zero-order valence-corrected chi connectivity index (χ0v) is 24.9. The molecule has 214 valence electrons. The van der Waals surface area contributed by atoms with Crippen molar-refractivity contribution < 1.29 is 14.6 Å². The van der Waals surface area contributed by atoms with Crippen LogP contribution in [-0.2, 0) is 22.4 Å². The Kier molecular flexibility index (Phi) is 11.0. The lowest BCUT2D eigenvalue weighted by molar-refractivity contribution is -0.141. The highest BCUT2D eigenvalue weighted by Crippen LogP contribution is 2.40. The molecule has 1 atom stereocenters. The number of fused-ring (bicyclic) bond motifs is 1. The molecule has 3 aromatic rings. The number of esters is 1.